The SMILES string of the molecule is O=C(Nc1ccc2ccsc2c1)c1cnc(Sc2c(Cl)cncc2Cl)o1. The quantitative estimate of drug-likeness (QED) is 0.437. The number of nitrogens with zero attached hydrogens (tertiary/aromatic N) is 2. The first-order chi connectivity index (χ1) is 12.6. The molecule has 3 aromatic heterocycles. The zero-order chi connectivity index (χ0) is 18.1. The molecule has 0 radical (unpaired) electrons. The van der Waals surface area contributed by atoms with Crippen molar-refractivity contribution in [2.45, 2.75) is 10.1 Å². The summed E-state index contributed by atoms with van der Waals surface area (Å²) in [4.78, 5) is 20.9. The number of amides is 1. The summed E-state index contributed by atoms with van der Waals surface area (Å²) in [5.74, 6) is -0.285. The lowest BCUT2D eigenvalue weighted by Gasteiger charge is -2.03. The zero-order valence-electron chi connectivity index (χ0n) is 12.9. The number of thiophene rings is 1. The molecular formula is C17H9Cl2N3O2S2. The Bertz CT molecular complexity index is 1090. The van der Waals surface area contributed by atoms with Crippen molar-refractivity contribution in [2.24, 2.45) is 0 Å². The molecule has 9 heteroatoms. The summed E-state index contributed by atoms with van der Waals surface area (Å²) in [6.07, 6.45) is 4.32. The Morgan fingerprint density at radius 3 is 2.77 bits per heavy atom. The summed E-state index contributed by atoms with van der Waals surface area (Å²) in [6, 6.07) is 7.74. The lowest BCUT2D eigenvalue weighted by Crippen LogP contribution is -2.10. The normalized spacial score (nSPS) is 11.0. The van der Waals surface area contributed by atoms with Gasteiger partial charge < -0.3 is 9.73 Å². The third-order valence-corrected chi connectivity index (χ3v) is 6.11. The highest BCUT2D eigenvalue weighted by Gasteiger charge is 2.16. The van der Waals surface area contributed by atoms with E-state index in [1.807, 2.05) is 29.6 Å². The number of carbonyl (C=O) groups is 1. The highest BCUT2D eigenvalue weighted by atomic mass is 35.5. The molecule has 4 aromatic rings. The maximum atomic E-state index is 12.4. The molecule has 0 spiro atoms. The van der Waals surface area contributed by atoms with Crippen molar-refractivity contribution < 1.29 is 9.21 Å². The van der Waals surface area contributed by atoms with Gasteiger partial charge >= 0.3 is 0 Å². The van der Waals surface area contributed by atoms with E-state index in [1.54, 1.807) is 11.3 Å². The zero-order valence-corrected chi connectivity index (χ0v) is 16.0. The van der Waals surface area contributed by atoms with Gasteiger partial charge in [0.15, 0.2) is 0 Å². The Morgan fingerprint density at radius 2 is 1.96 bits per heavy atom. The summed E-state index contributed by atoms with van der Waals surface area (Å²) in [7, 11) is 0. The Hall–Kier alpha value is -2.06. The number of nitrogens with one attached hydrogen (secondary N) is 1. The molecule has 0 saturated heterocycles. The van der Waals surface area contributed by atoms with Crippen LogP contribution in [0.15, 0.2) is 62.8 Å². The van der Waals surface area contributed by atoms with E-state index in [9.17, 15) is 4.79 Å². The van der Waals surface area contributed by atoms with Gasteiger partial charge in [-0.2, -0.15) is 0 Å². The van der Waals surface area contributed by atoms with Crippen molar-refractivity contribution in [3.05, 3.63) is 64.0 Å². The van der Waals surface area contributed by atoms with Gasteiger partial charge in [0.25, 0.3) is 11.1 Å². The number of hydrogen-bond donors (Lipinski definition) is 1. The van der Waals surface area contributed by atoms with Crippen LogP contribution in [0.5, 0.6) is 0 Å². The summed E-state index contributed by atoms with van der Waals surface area (Å²) in [5, 5.41) is 6.98. The molecule has 0 unspecified atom stereocenters. The number of benzene rings is 1. The second kappa shape index (κ2) is 7.28. The molecule has 0 saturated carbocycles. The highest BCUT2D eigenvalue weighted by Crippen LogP contribution is 2.37. The fourth-order valence-corrected chi connectivity index (χ4v) is 4.36. The van der Waals surface area contributed by atoms with Crippen LogP contribution >= 0.6 is 46.3 Å². The number of anilines is 1. The minimum absolute atomic E-state index is 0.0973. The Balaban J connectivity index is 1.51. The average molecular weight is 422 g/mol. The van der Waals surface area contributed by atoms with Gasteiger partial charge in [0.1, 0.15) is 0 Å². The maximum Gasteiger partial charge on any atom is 0.293 e. The molecule has 3 heterocycles. The number of halogens is 2. The Kier molecular flexibility index (Phi) is 4.86. The molecule has 0 bridgehead atoms. The summed E-state index contributed by atoms with van der Waals surface area (Å²) >= 11 is 14.9. The molecule has 26 heavy (non-hydrogen) atoms. The van der Waals surface area contributed by atoms with E-state index in [-0.39, 0.29) is 16.9 Å². The molecule has 130 valence electrons. The number of hydrogen-bond acceptors (Lipinski definition) is 6. The molecule has 0 atom stereocenters. The van der Waals surface area contributed by atoms with E-state index >= 15 is 0 Å². The Morgan fingerprint density at radius 1 is 1.15 bits per heavy atom. The lowest BCUT2D eigenvalue weighted by atomic mass is 10.2. The predicted octanol–water partition coefficient (Wildman–Crippen LogP) is 5.99. The van der Waals surface area contributed by atoms with Crippen LogP contribution < -0.4 is 5.32 Å². The minimum atomic E-state index is -0.382. The Labute approximate surface area is 166 Å². The molecule has 1 aromatic carbocycles. The van der Waals surface area contributed by atoms with Crippen molar-refractivity contribution in [3.63, 3.8) is 0 Å². The van der Waals surface area contributed by atoms with Gasteiger partial charge in [-0.1, -0.05) is 29.3 Å². The molecule has 1 N–H and O–H groups in total. The van der Waals surface area contributed by atoms with E-state index < -0.39 is 0 Å². The van der Waals surface area contributed by atoms with Crippen molar-refractivity contribution in [3.8, 4) is 0 Å². The van der Waals surface area contributed by atoms with Crippen LogP contribution in [0.4, 0.5) is 5.69 Å². The molecule has 1 amide bonds. The first-order valence-electron chi connectivity index (χ1n) is 7.31. The first kappa shape index (κ1) is 17.4. The number of oxazole rings is 1. The van der Waals surface area contributed by atoms with Crippen LogP contribution in [0.1, 0.15) is 10.6 Å². The number of carbonyl (C=O) groups excluding carboxylic acids is 1. The fourth-order valence-electron chi connectivity index (χ4n) is 2.22. The number of fused-ring (bicyclic) bond motifs is 1. The second-order valence-corrected chi connectivity index (χ2v) is 7.88. The van der Waals surface area contributed by atoms with Crippen molar-refractivity contribution in [1.82, 2.24) is 9.97 Å². The largest absolute Gasteiger partial charge is 0.426 e. The minimum Gasteiger partial charge on any atom is -0.426 e. The van der Waals surface area contributed by atoms with Gasteiger partial charge in [0.05, 0.1) is 21.1 Å². The van der Waals surface area contributed by atoms with Gasteiger partial charge in [0.2, 0.25) is 5.76 Å². The smallest absolute Gasteiger partial charge is 0.293 e. The molecule has 0 aliphatic carbocycles. The van der Waals surface area contributed by atoms with Crippen LogP contribution in [0.2, 0.25) is 10.0 Å². The van der Waals surface area contributed by atoms with Crippen LogP contribution in [-0.4, -0.2) is 15.9 Å². The first-order valence-corrected chi connectivity index (χ1v) is 9.76. The monoisotopic (exact) mass is 421 g/mol. The number of pyridine rings is 1. The molecule has 0 fully saturated rings. The van der Waals surface area contributed by atoms with E-state index in [4.69, 9.17) is 27.6 Å². The molecule has 0 aliphatic rings. The van der Waals surface area contributed by atoms with Gasteiger partial charge in [-0.05, 0) is 40.7 Å². The van der Waals surface area contributed by atoms with Crippen LogP contribution in [0.25, 0.3) is 10.1 Å². The van der Waals surface area contributed by atoms with Gasteiger partial charge in [-0.15, -0.1) is 11.3 Å². The molecule has 5 nitrogen and oxygen atoms in total. The number of rotatable bonds is 4. The van der Waals surface area contributed by atoms with Crippen molar-refractivity contribution in [1.29, 1.82) is 0 Å². The van der Waals surface area contributed by atoms with E-state index in [2.05, 4.69) is 15.3 Å². The van der Waals surface area contributed by atoms with Gasteiger partial charge in [-0.3, -0.25) is 9.78 Å². The van der Waals surface area contributed by atoms with E-state index in [1.165, 1.54) is 18.6 Å². The standard InChI is InChI=1S/C17H9Cl2N3O2S2/c18-11-6-20-7-12(19)15(11)26-17-21-8-13(24-17)16(23)22-10-2-1-9-3-4-25-14(9)5-10/h1-8H,(H,22,23). The summed E-state index contributed by atoms with van der Waals surface area (Å²) < 4.78 is 6.60. The highest BCUT2D eigenvalue weighted by molar-refractivity contribution is 7.99. The van der Waals surface area contributed by atoms with Gasteiger partial charge in [0, 0.05) is 22.8 Å². The molecule has 4 rings (SSSR count). The summed E-state index contributed by atoms with van der Waals surface area (Å²) in [5.41, 5.74) is 0.691. The van der Waals surface area contributed by atoms with E-state index in [0.717, 1.165) is 21.8 Å². The second-order valence-electron chi connectivity index (χ2n) is 5.15. The third-order valence-electron chi connectivity index (χ3n) is 3.42. The van der Waals surface area contributed by atoms with Crippen LogP contribution in [0.3, 0.4) is 0 Å². The van der Waals surface area contributed by atoms with Crippen molar-refractivity contribution in [2.75, 3.05) is 5.32 Å². The van der Waals surface area contributed by atoms with Crippen LogP contribution in [0, 0.1) is 0 Å². The summed E-state index contributed by atoms with van der Waals surface area (Å²) in [6.45, 7) is 0. The van der Waals surface area contributed by atoms with Crippen molar-refractivity contribution >= 4 is 68.0 Å². The molecular weight excluding hydrogens is 413 g/mol. The molecule has 0 aliphatic heterocycles. The van der Waals surface area contributed by atoms with Crippen LogP contribution in [-0.2, 0) is 0 Å². The predicted molar refractivity (Wildman–Crippen MR) is 105 cm³/mol. The van der Waals surface area contributed by atoms with Gasteiger partial charge in [-0.25, -0.2) is 4.98 Å². The lowest BCUT2D eigenvalue weighted by molar-refractivity contribution is 0.0991. The maximum absolute atomic E-state index is 12.4. The van der Waals surface area contributed by atoms with E-state index in [0.29, 0.717) is 20.6 Å². The fraction of sp³-hybridized carbons (Fsp3) is 0. The third kappa shape index (κ3) is 3.57. The average Bonchev–Trinajstić information content (AvgIpc) is 3.27. The number of aromatic nitrogens is 2. The topological polar surface area (TPSA) is 68.0 Å².